The maximum atomic E-state index is 11.3. The third kappa shape index (κ3) is 2.68. The van der Waals surface area contributed by atoms with Gasteiger partial charge in [0.05, 0.1) is 14.2 Å². The van der Waals surface area contributed by atoms with Crippen molar-refractivity contribution in [3.63, 3.8) is 0 Å². The summed E-state index contributed by atoms with van der Waals surface area (Å²) < 4.78 is 10.4. The molecule has 1 rings (SSSR count). The van der Waals surface area contributed by atoms with Gasteiger partial charge in [0, 0.05) is 5.56 Å². The highest BCUT2D eigenvalue weighted by Crippen LogP contribution is 2.36. The van der Waals surface area contributed by atoms with E-state index < -0.39 is 12.0 Å². The van der Waals surface area contributed by atoms with Crippen molar-refractivity contribution in [2.75, 3.05) is 28.3 Å². The summed E-state index contributed by atoms with van der Waals surface area (Å²) in [5.41, 5.74) is 0.573. The maximum absolute atomic E-state index is 11.3. The summed E-state index contributed by atoms with van der Waals surface area (Å²) in [6, 6.07) is 4.44. The minimum Gasteiger partial charge on any atom is -0.493 e. The second-order valence-corrected chi connectivity index (χ2v) is 3.79. The maximum Gasteiger partial charge on any atom is 0.325 e. The number of aliphatic carboxylic acids is 1. The number of carboxylic acid groups (broad SMARTS) is 1. The Kier molecular flexibility index (Phi) is 4.34. The van der Waals surface area contributed by atoms with Gasteiger partial charge in [-0.3, -0.25) is 9.69 Å². The quantitative estimate of drug-likeness (QED) is 0.841. The second kappa shape index (κ2) is 5.54. The molecule has 0 spiro atoms. The minimum atomic E-state index is -0.929. The van der Waals surface area contributed by atoms with Gasteiger partial charge < -0.3 is 14.6 Å². The lowest BCUT2D eigenvalue weighted by atomic mass is 10.0. The van der Waals surface area contributed by atoms with Crippen LogP contribution < -0.4 is 9.47 Å². The Morgan fingerprint density at radius 3 is 2.35 bits per heavy atom. The molecular weight excluding hydrogens is 222 g/mol. The van der Waals surface area contributed by atoms with Crippen molar-refractivity contribution in [3.05, 3.63) is 23.8 Å². The average Bonchev–Trinajstić information content (AvgIpc) is 2.27. The number of carbonyl (C=O) groups is 1. The number of hydrogen-bond donors (Lipinski definition) is 1. The van der Waals surface area contributed by atoms with Crippen molar-refractivity contribution < 1.29 is 19.4 Å². The monoisotopic (exact) mass is 239 g/mol. The molecule has 0 aliphatic carbocycles. The van der Waals surface area contributed by atoms with Crippen LogP contribution in [0, 0.1) is 0 Å². The zero-order valence-electron chi connectivity index (χ0n) is 10.4. The Bertz CT molecular complexity index is 403. The Hall–Kier alpha value is -1.75. The lowest BCUT2D eigenvalue weighted by molar-refractivity contribution is -0.142. The number of methoxy groups -OCH3 is 2. The molecular formula is C12H17NO4. The van der Waals surface area contributed by atoms with E-state index in [9.17, 15) is 9.90 Å². The Labute approximate surface area is 101 Å². The number of hydrogen-bond acceptors (Lipinski definition) is 4. The number of carboxylic acids is 1. The van der Waals surface area contributed by atoms with Gasteiger partial charge in [0.25, 0.3) is 0 Å². The van der Waals surface area contributed by atoms with E-state index in [2.05, 4.69) is 0 Å². The van der Waals surface area contributed by atoms with Gasteiger partial charge >= 0.3 is 5.97 Å². The first-order valence-electron chi connectivity index (χ1n) is 5.13. The molecule has 1 aromatic carbocycles. The molecule has 5 heteroatoms. The molecule has 0 aliphatic rings. The van der Waals surface area contributed by atoms with Crippen LogP contribution >= 0.6 is 0 Å². The highest BCUT2D eigenvalue weighted by atomic mass is 16.5. The predicted octanol–water partition coefficient (Wildman–Crippen LogP) is 1.39. The van der Waals surface area contributed by atoms with Gasteiger partial charge in [-0.1, -0.05) is 12.1 Å². The Morgan fingerprint density at radius 1 is 1.29 bits per heavy atom. The predicted molar refractivity (Wildman–Crippen MR) is 63.6 cm³/mol. The molecule has 94 valence electrons. The van der Waals surface area contributed by atoms with Gasteiger partial charge in [0.15, 0.2) is 11.5 Å². The van der Waals surface area contributed by atoms with Crippen LogP contribution in [0.25, 0.3) is 0 Å². The first-order chi connectivity index (χ1) is 8.02. The van der Waals surface area contributed by atoms with E-state index in [4.69, 9.17) is 9.47 Å². The van der Waals surface area contributed by atoms with E-state index >= 15 is 0 Å². The Morgan fingerprint density at radius 2 is 1.94 bits per heavy atom. The molecule has 0 radical (unpaired) electrons. The first kappa shape index (κ1) is 13.3. The van der Waals surface area contributed by atoms with E-state index in [1.165, 1.54) is 14.2 Å². The van der Waals surface area contributed by atoms with Crippen LogP contribution in [0.1, 0.15) is 11.6 Å². The topological polar surface area (TPSA) is 59.0 Å². The molecule has 0 aliphatic heterocycles. The van der Waals surface area contributed by atoms with Gasteiger partial charge in [-0.25, -0.2) is 0 Å². The molecule has 0 amide bonds. The molecule has 1 atom stereocenters. The van der Waals surface area contributed by atoms with Crippen LogP contribution in [-0.2, 0) is 4.79 Å². The summed E-state index contributed by atoms with van der Waals surface area (Å²) in [7, 11) is 6.43. The smallest absolute Gasteiger partial charge is 0.325 e. The van der Waals surface area contributed by atoms with Crippen molar-refractivity contribution >= 4 is 5.97 Å². The van der Waals surface area contributed by atoms with E-state index in [-0.39, 0.29) is 0 Å². The van der Waals surface area contributed by atoms with Crippen LogP contribution in [0.5, 0.6) is 11.5 Å². The van der Waals surface area contributed by atoms with Crippen molar-refractivity contribution in [1.82, 2.24) is 4.90 Å². The Balaban J connectivity index is 3.32. The second-order valence-electron chi connectivity index (χ2n) is 3.79. The van der Waals surface area contributed by atoms with Gasteiger partial charge in [-0.05, 0) is 20.2 Å². The molecule has 1 unspecified atom stereocenters. The number of likely N-dealkylation sites (N-methyl/N-ethyl adjacent to an activating group) is 1. The molecule has 17 heavy (non-hydrogen) atoms. The fourth-order valence-corrected chi connectivity index (χ4v) is 1.76. The largest absolute Gasteiger partial charge is 0.493 e. The van der Waals surface area contributed by atoms with E-state index in [1.54, 1.807) is 37.2 Å². The highest BCUT2D eigenvalue weighted by molar-refractivity contribution is 5.77. The first-order valence-corrected chi connectivity index (χ1v) is 5.13. The summed E-state index contributed by atoms with van der Waals surface area (Å²) in [6.45, 7) is 0. The fraction of sp³-hybridized carbons (Fsp3) is 0.417. The van der Waals surface area contributed by atoms with Gasteiger partial charge in [-0.2, -0.15) is 0 Å². The molecule has 0 aromatic heterocycles. The number of benzene rings is 1. The lowest BCUT2D eigenvalue weighted by Crippen LogP contribution is -2.27. The van der Waals surface area contributed by atoms with Crippen LogP contribution in [0.2, 0.25) is 0 Å². The van der Waals surface area contributed by atoms with Crippen LogP contribution in [0.15, 0.2) is 18.2 Å². The summed E-state index contributed by atoms with van der Waals surface area (Å²) in [5.74, 6) is 0.0516. The van der Waals surface area contributed by atoms with Crippen molar-refractivity contribution in [2.45, 2.75) is 6.04 Å². The molecule has 5 nitrogen and oxygen atoms in total. The van der Waals surface area contributed by atoms with Crippen LogP contribution in [0.4, 0.5) is 0 Å². The van der Waals surface area contributed by atoms with Crippen molar-refractivity contribution in [1.29, 1.82) is 0 Å². The third-order valence-corrected chi connectivity index (χ3v) is 2.48. The van der Waals surface area contributed by atoms with Gasteiger partial charge in [0.2, 0.25) is 0 Å². The highest BCUT2D eigenvalue weighted by Gasteiger charge is 2.27. The van der Waals surface area contributed by atoms with Crippen molar-refractivity contribution in [3.8, 4) is 11.5 Å². The molecule has 0 saturated heterocycles. The zero-order chi connectivity index (χ0) is 13.0. The summed E-state index contributed by atoms with van der Waals surface area (Å²) in [4.78, 5) is 12.9. The standard InChI is InChI=1S/C12H17NO4/c1-13(2)10(12(14)15)8-6-5-7-9(16-3)11(8)17-4/h5-7,10H,1-4H3,(H,14,15). The lowest BCUT2D eigenvalue weighted by Gasteiger charge is -2.23. The van der Waals surface area contributed by atoms with Crippen molar-refractivity contribution in [2.24, 2.45) is 0 Å². The zero-order valence-corrected chi connectivity index (χ0v) is 10.4. The molecule has 1 N–H and O–H groups in total. The van der Waals surface area contributed by atoms with Crippen LogP contribution in [-0.4, -0.2) is 44.3 Å². The van der Waals surface area contributed by atoms with E-state index in [0.717, 1.165) is 0 Å². The average molecular weight is 239 g/mol. The van der Waals surface area contributed by atoms with Gasteiger partial charge in [0.1, 0.15) is 6.04 Å². The molecule has 1 aromatic rings. The normalized spacial score (nSPS) is 12.3. The summed E-state index contributed by atoms with van der Waals surface area (Å²) >= 11 is 0. The molecule has 0 heterocycles. The SMILES string of the molecule is COc1cccc(C(C(=O)O)N(C)C)c1OC. The summed E-state index contributed by atoms with van der Waals surface area (Å²) in [6.07, 6.45) is 0. The van der Waals surface area contributed by atoms with E-state index in [0.29, 0.717) is 17.1 Å². The molecule has 0 fully saturated rings. The number of nitrogens with zero attached hydrogens (tertiary/aromatic N) is 1. The van der Waals surface area contributed by atoms with Gasteiger partial charge in [-0.15, -0.1) is 0 Å². The third-order valence-electron chi connectivity index (χ3n) is 2.48. The molecule has 0 saturated carbocycles. The molecule has 0 bridgehead atoms. The fourth-order valence-electron chi connectivity index (χ4n) is 1.76. The number of para-hydroxylation sites is 1. The number of rotatable bonds is 5. The summed E-state index contributed by atoms with van der Waals surface area (Å²) in [5, 5.41) is 9.24. The number of ether oxygens (including phenoxy) is 2. The van der Waals surface area contributed by atoms with Crippen LogP contribution in [0.3, 0.4) is 0 Å². The minimum absolute atomic E-state index is 0.455. The van der Waals surface area contributed by atoms with E-state index in [1.807, 2.05) is 0 Å².